The third-order valence-corrected chi connectivity index (χ3v) is 7.68. The van der Waals surface area contributed by atoms with Crippen LogP contribution >= 0.6 is 0 Å². The van der Waals surface area contributed by atoms with Gasteiger partial charge in [-0.3, -0.25) is 4.79 Å². The Morgan fingerprint density at radius 1 is 1.19 bits per heavy atom. The monoisotopic (exact) mass is 442 g/mol. The maximum atomic E-state index is 11.2. The number of carbonyl (C=O) groups excluding carboxylic acids is 1. The lowest BCUT2D eigenvalue weighted by atomic mass is 9.53. The van der Waals surface area contributed by atoms with Crippen LogP contribution in [0.3, 0.4) is 0 Å². The van der Waals surface area contributed by atoms with Gasteiger partial charge in [-0.25, -0.2) is 0 Å². The highest BCUT2D eigenvalue weighted by Gasteiger charge is 2.56. The highest BCUT2D eigenvalue weighted by atomic mass is 16.7. The molecule has 3 fully saturated rings. The highest BCUT2D eigenvalue weighted by Crippen LogP contribution is 2.56. The molecule has 3 rings (SSSR count). The number of hydrogen-bond acceptors (Lipinski definition) is 8. The van der Waals surface area contributed by atoms with E-state index >= 15 is 0 Å². The van der Waals surface area contributed by atoms with Crippen LogP contribution in [0.4, 0.5) is 0 Å². The predicted molar refractivity (Wildman–Crippen MR) is 112 cm³/mol. The Balaban J connectivity index is 1.86. The smallest absolute Gasteiger partial charge is 0.302 e. The Bertz CT molecular complexity index is 666. The minimum atomic E-state index is -1.51. The number of ether oxygens (including phenoxy) is 3. The van der Waals surface area contributed by atoms with E-state index in [0.29, 0.717) is 12.8 Å². The lowest BCUT2D eigenvalue weighted by molar-refractivity contribution is -0.327. The third-order valence-electron chi connectivity index (χ3n) is 7.68. The number of esters is 1. The molecule has 0 aromatic heterocycles. The highest BCUT2D eigenvalue weighted by molar-refractivity contribution is 5.65. The van der Waals surface area contributed by atoms with Crippen LogP contribution in [-0.4, -0.2) is 75.9 Å². The van der Waals surface area contributed by atoms with Gasteiger partial charge in [-0.15, -0.1) is 0 Å². The average Bonchev–Trinajstić information content (AvgIpc) is 2.70. The fraction of sp³-hybridized carbons (Fsp3) is 0.870. The van der Waals surface area contributed by atoms with Crippen molar-refractivity contribution >= 4 is 5.97 Å². The standard InChI is InChI=1S/C23H38O8/c1-11(2)14-8-9-23(5)16(25)7-6-12(3)17(23)21(14)31-22-20(28)19(27)18(26)15(30-22)10-29-13(4)24/h11,14-22,25-28H,3,6-10H2,1-2,4-5H3/t14-,15+,16-,17-,18-,19-,20-,21-,22-,23-/m1/s1. The first-order chi connectivity index (χ1) is 14.5. The summed E-state index contributed by atoms with van der Waals surface area (Å²) >= 11 is 0. The van der Waals surface area contributed by atoms with E-state index in [1.807, 2.05) is 0 Å². The van der Waals surface area contributed by atoms with Gasteiger partial charge in [0.15, 0.2) is 6.29 Å². The molecular formula is C23H38O8. The molecule has 0 bridgehead atoms. The van der Waals surface area contributed by atoms with Crippen molar-refractivity contribution in [1.29, 1.82) is 0 Å². The van der Waals surface area contributed by atoms with Crippen LogP contribution in [0.5, 0.6) is 0 Å². The molecule has 178 valence electrons. The summed E-state index contributed by atoms with van der Waals surface area (Å²) in [5, 5.41) is 42.1. The first kappa shape index (κ1) is 24.6. The quantitative estimate of drug-likeness (QED) is 0.369. The fourth-order valence-electron chi connectivity index (χ4n) is 5.71. The van der Waals surface area contributed by atoms with Gasteiger partial charge in [-0.05, 0) is 37.5 Å². The third kappa shape index (κ3) is 4.70. The van der Waals surface area contributed by atoms with Crippen LogP contribution in [0.2, 0.25) is 0 Å². The zero-order valence-electron chi connectivity index (χ0n) is 18.9. The molecule has 0 aromatic rings. The van der Waals surface area contributed by atoms with Crippen molar-refractivity contribution in [3.8, 4) is 0 Å². The fourth-order valence-corrected chi connectivity index (χ4v) is 5.71. The van der Waals surface area contributed by atoms with Crippen molar-refractivity contribution in [2.24, 2.45) is 23.2 Å². The molecule has 1 aliphatic heterocycles. The van der Waals surface area contributed by atoms with Crippen molar-refractivity contribution in [3.05, 3.63) is 12.2 Å². The van der Waals surface area contributed by atoms with E-state index in [0.717, 1.165) is 18.4 Å². The molecule has 2 saturated carbocycles. The Kier molecular flexibility index (Phi) is 7.50. The Labute approximate surface area is 184 Å². The molecule has 1 heterocycles. The zero-order chi connectivity index (χ0) is 23.1. The van der Waals surface area contributed by atoms with Crippen molar-refractivity contribution in [1.82, 2.24) is 0 Å². The van der Waals surface area contributed by atoms with Crippen molar-refractivity contribution < 1.29 is 39.4 Å². The Morgan fingerprint density at radius 2 is 1.87 bits per heavy atom. The summed E-state index contributed by atoms with van der Waals surface area (Å²) in [5.74, 6) is -0.227. The normalized spacial score (nSPS) is 46.0. The lowest BCUT2D eigenvalue weighted by Crippen LogP contribution is -2.62. The SMILES string of the molecule is C=C1CC[C@@H](O)[C@@]2(C)CC[C@H](C(C)C)[C@@H](O[C@H]3O[C@@H](COC(C)=O)[C@@H](O)[C@@H](O)[C@H]3O)[C@@H]12. The Morgan fingerprint density at radius 3 is 2.48 bits per heavy atom. The van der Waals surface area contributed by atoms with Crippen LogP contribution in [0.25, 0.3) is 0 Å². The van der Waals surface area contributed by atoms with Crippen molar-refractivity contribution in [2.75, 3.05) is 6.61 Å². The van der Waals surface area contributed by atoms with E-state index in [9.17, 15) is 25.2 Å². The Hall–Kier alpha value is -1.03. The van der Waals surface area contributed by atoms with Gasteiger partial charge in [0.1, 0.15) is 31.0 Å². The second kappa shape index (κ2) is 9.45. The molecule has 31 heavy (non-hydrogen) atoms. The molecule has 0 radical (unpaired) electrons. The predicted octanol–water partition coefficient (Wildman–Crippen LogP) is 1.14. The van der Waals surface area contributed by atoms with Gasteiger partial charge < -0.3 is 34.6 Å². The van der Waals surface area contributed by atoms with Crippen LogP contribution in [0.15, 0.2) is 12.2 Å². The van der Waals surface area contributed by atoms with E-state index in [1.165, 1.54) is 6.92 Å². The van der Waals surface area contributed by atoms with Gasteiger partial charge >= 0.3 is 5.97 Å². The van der Waals surface area contributed by atoms with E-state index in [1.54, 1.807) is 0 Å². The molecule has 0 unspecified atom stereocenters. The molecule has 0 spiro atoms. The molecule has 8 heteroatoms. The molecule has 1 saturated heterocycles. The number of aliphatic hydroxyl groups excluding tert-OH is 4. The summed E-state index contributed by atoms with van der Waals surface area (Å²) in [6.07, 6.45) is -4.40. The molecule has 0 aromatic carbocycles. The maximum absolute atomic E-state index is 11.2. The second-order valence-corrected chi connectivity index (χ2v) is 10.1. The minimum Gasteiger partial charge on any atom is -0.463 e. The number of rotatable bonds is 5. The molecule has 4 N–H and O–H groups in total. The van der Waals surface area contributed by atoms with Crippen molar-refractivity contribution in [3.63, 3.8) is 0 Å². The van der Waals surface area contributed by atoms with Crippen LogP contribution in [-0.2, 0) is 19.0 Å². The number of carbonyl (C=O) groups is 1. The summed E-state index contributed by atoms with van der Waals surface area (Å²) < 4.78 is 17.1. The summed E-state index contributed by atoms with van der Waals surface area (Å²) in [6.45, 7) is 11.6. The number of hydrogen-bond donors (Lipinski definition) is 4. The zero-order valence-corrected chi connectivity index (χ0v) is 18.9. The summed E-state index contributed by atoms with van der Waals surface area (Å²) in [6, 6.07) is 0. The van der Waals surface area contributed by atoms with Gasteiger partial charge in [0.2, 0.25) is 0 Å². The first-order valence-electron chi connectivity index (χ1n) is 11.3. The van der Waals surface area contributed by atoms with Crippen LogP contribution in [0.1, 0.15) is 53.4 Å². The molecule has 0 amide bonds. The molecule has 2 aliphatic carbocycles. The van der Waals surface area contributed by atoms with E-state index in [2.05, 4.69) is 27.4 Å². The molecular weight excluding hydrogens is 404 g/mol. The van der Waals surface area contributed by atoms with E-state index < -0.39 is 42.8 Å². The number of fused-ring (bicyclic) bond motifs is 1. The van der Waals surface area contributed by atoms with Gasteiger partial charge in [0.05, 0.1) is 12.2 Å². The number of aliphatic hydroxyl groups is 4. The van der Waals surface area contributed by atoms with Gasteiger partial charge in [-0.1, -0.05) is 32.9 Å². The lowest BCUT2D eigenvalue weighted by Gasteiger charge is -2.56. The average molecular weight is 443 g/mol. The summed E-state index contributed by atoms with van der Waals surface area (Å²) in [5.41, 5.74) is 0.630. The van der Waals surface area contributed by atoms with Crippen molar-refractivity contribution in [2.45, 2.75) is 96.3 Å². The van der Waals surface area contributed by atoms with E-state index in [4.69, 9.17) is 14.2 Å². The summed E-state index contributed by atoms with van der Waals surface area (Å²) in [4.78, 5) is 11.2. The van der Waals surface area contributed by atoms with E-state index in [-0.39, 0.29) is 35.9 Å². The maximum Gasteiger partial charge on any atom is 0.302 e. The topological polar surface area (TPSA) is 126 Å². The molecule has 8 nitrogen and oxygen atoms in total. The van der Waals surface area contributed by atoms with Gasteiger partial charge in [0.25, 0.3) is 0 Å². The second-order valence-electron chi connectivity index (χ2n) is 10.1. The van der Waals surface area contributed by atoms with Crippen LogP contribution in [0, 0.1) is 23.2 Å². The largest absolute Gasteiger partial charge is 0.463 e. The first-order valence-corrected chi connectivity index (χ1v) is 11.3. The van der Waals surface area contributed by atoms with Gasteiger partial charge in [-0.2, -0.15) is 0 Å². The minimum absolute atomic E-state index is 0.121. The van der Waals surface area contributed by atoms with Gasteiger partial charge in [0, 0.05) is 18.3 Å². The molecule has 10 atom stereocenters. The molecule has 3 aliphatic rings. The summed E-state index contributed by atoms with van der Waals surface area (Å²) in [7, 11) is 0. The van der Waals surface area contributed by atoms with Crippen LogP contribution < -0.4 is 0 Å².